The fourth-order valence-corrected chi connectivity index (χ4v) is 3.43. The molecule has 1 amide bonds. The quantitative estimate of drug-likeness (QED) is 0.763. The number of amides is 1. The molecule has 108 valence electrons. The van der Waals surface area contributed by atoms with Gasteiger partial charge in [0.25, 0.3) is 0 Å². The minimum Gasteiger partial charge on any atom is -0.341 e. The number of hydrogen-bond acceptors (Lipinski definition) is 1. The van der Waals surface area contributed by atoms with E-state index in [1.165, 1.54) is 31.2 Å². The summed E-state index contributed by atoms with van der Waals surface area (Å²) in [6.45, 7) is 1.74. The number of alkyl halides is 1. The lowest BCUT2D eigenvalue weighted by atomic mass is 10.00. The molecule has 2 fully saturated rings. The van der Waals surface area contributed by atoms with Crippen molar-refractivity contribution >= 4 is 17.5 Å². The number of rotatable bonds is 3. The SMILES string of the molecule is O=C(C(Cl)c1ccccc1C1CC1)N1CCCCCC1. The molecule has 1 saturated carbocycles. The molecule has 1 aromatic rings. The predicted octanol–water partition coefficient (Wildman–Crippen LogP) is 4.25. The van der Waals surface area contributed by atoms with E-state index in [0.717, 1.165) is 31.5 Å². The third-order valence-corrected chi connectivity index (χ3v) is 4.84. The first kappa shape index (κ1) is 13.9. The molecular weight excluding hydrogens is 270 g/mol. The van der Waals surface area contributed by atoms with Crippen molar-refractivity contribution in [2.45, 2.75) is 49.8 Å². The van der Waals surface area contributed by atoms with E-state index in [-0.39, 0.29) is 5.91 Å². The zero-order chi connectivity index (χ0) is 13.9. The largest absolute Gasteiger partial charge is 0.341 e. The molecule has 3 rings (SSSR count). The van der Waals surface area contributed by atoms with Crippen molar-refractivity contribution < 1.29 is 4.79 Å². The molecule has 2 aliphatic rings. The minimum absolute atomic E-state index is 0.0988. The molecule has 1 atom stereocenters. The normalized spacial score (nSPS) is 21.4. The van der Waals surface area contributed by atoms with Gasteiger partial charge in [0.2, 0.25) is 5.91 Å². The smallest absolute Gasteiger partial charge is 0.245 e. The Hall–Kier alpha value is -1.02. The molecule has 2 nitrogen and oxygen atoms in total. The maximum Gasteiger partial charge on any atom is 0.245 e. The van der Waals surface area contributed by atoms with Crippen LogP contribution in [0.15, 0.2) is 24.3 Å². The van der Waals surface area contributed by atoms with Crippen LogP contribution in [0.1, 0.15) is 60.9 Å². The Morgan fingerprint density at radius 3 is 2.40 bits per heavy atom. The van der Waals surface area contributed by atoms with Crippen LogP contribution < -0.4 is 0 Å². The fourth-order valence-electron chi connectivity index (χ4n) is 3.09. The van der Waals surface area contributed by atoms with Gasteiger partial charge in [-0.3, -0.25) is 4.79 Å². The first-order valence-corrected chi connectivity index (χ1v) is 8.22. The van der Waals surface area contributed by atoms with E-state index in [1.807, 2.05) is 17.0 Å². The number of carbonyl (C=O) groups is 1. The van der Waals surface area contributed by atoms with Crippen LogP contribution in [0.2, 0.25) is 0 Å². The van der Waals surface area contributed by atoms with Crippen molar-refractivity contribution in [3.05, 3.63) is 35.4 Å². The van der Waals surface area contributed by atoms with Crippen molar-refractivity contribution in [1.82, 2.24) is 4.90 Å². The van der Waals surface area contributed by atoms with Crippen LogP contribution >= 0.6 is 11.6 Å². The van der Waals surface area contributed by atoms with E-state index in [9.17, 15) is 4.79 Å². The van der Waals surface area contributed by atoms with Gasteiger partial charge in [-0.1, -0.05) is 37.1 Å². The van der Waals surface area contributed by atoms with Gasteiger partial charge in [0.05, 0.1) is 0 Å². The summed E-state index contributed by atoms with van der Waals surface area (Å²) in [5.74, 6) is 0.728. The summed E-state index contributed by atoms with van der Waals surface area (Å²) < 4.78 is 0. The van der Waals surface area contributed by atoms with Gasteiger partial charge in [0.15, 0.2) is 0 Å². The molecule has 0 N–H and O–H groups in total. The molecular formula is C17H22ClNO. The Kier molecular flexibility index (Phi) is 4.30. The topological polar surface area (TPSA) is 20.3 Å². The van der Waals surface area contributed by atoms with Crippen molar-refractivity contribution in [1.29, 1.82) is 0 Å². The van der Waals surface area contributed by atoms with Gasteiger partial charge in [0.1, 0.15) is 5.38 Å². The Labute approximate surface area is 126 Å². The zero-order valence-electron chi connectivity index (χ0n) is 11.9. The summed E-state index contributed by atoms with van der Waals surface area (Å²) in [4.78, 5) is 14.6. The summed E-state index contributed by atoms with van der Waals surface area (Å²) in [6, 6.07) is 8.21. The fraction of sp³-hybridized carbons (Fsp3) is 0.588. The lowest BCUT2D eigenvalue weighted by Gasteiger charge is -2.24. The number of carbonyl (C=O) groups excluding carboxylic acids is 1. The van der Waals surface area contributed by atoms with Crippen molar-refractivity contribution in [3.63, 3.8) is 0 Å². The van der Waals surface area contributed by atoms with Crippen molar-refractivity contribution in [2.75, 3.05) is 13.1 Å². The third-order valence-electron chi connectivity index (χ3n) is 4.42. The molecule has 1 unspecified atom stereocenters. The lowest BCUT2D eigenvalue weighted by molar-refractivity contribution is -0.130. The molecule has 1 saturated heterocycles. The lowest BCUT2D eigenvalue weighted by Crippen LogP contribution is -2.34. The van der Waals surface area contributed by atoms with Gasteiger partial charge in [-0.2, -0.15) is 0 Å². The highest BCUT2D eigenvalue weighted by Gasteiger charge is 2.31. The molecule has 1 aliphatic heterocycles. The van der Waals surface area contributed by atoms with Gasteiger partial charge in [-0.15, -0.1) is 11.6 Å². The first-order chi connectivity index (χ1) is 9.77. The van der Waals surface area contributed by atoms with Gasteiger partial charge in [0, 0.05) is 13.1 Å². The highest BCUT2D eigenvalue weighted by molar-refractivity contribution is 6.30. The average molecular weight is 292 g/mol. The van der Waals surface area contributed by atoms with E-state index in [2.05, 4.69) is 12.1 Å². The summed E-state index contributed by atoms with van der Waals surface area (Å²) >= 11 is 6.53. The summed E-state index contributed by atoms with van der Waals surface area (Å²) in [6.07, 6.45) is 7.15. The second-order valence-corrected chi connectivity index (χ2v) is 6.44. The van der Waals surface area contributed by atoms with Crippen LogP contribution in [0.3, 0.4) is 0 Å². The monoisotopic (exact) mass is 291 g/mol. The summed E-state index contributed by atoms with van der Waals surface area (Å²) in [7, 11) is 0. The molecule has 0 bridgehead atoms. The number of benzene rings is 1. The molecule has 3 heteroatoms. The van der Waals surface area contributed by atoms with Crippen LogP contribution in [-0.4, -0.2) is 23.9 Å². The Bertz CT molecular complexity index is 476. The van der Waals surface area contributed by atoms with E-state index in [1.54, 1.807) is 0 Å². The Morgan fingerprint density at radius 2 is 1.75 bits per heavy atom. The maximum absolute atomic E-state index is 12.6. The number of halogens is 1. The highest BCUT2D eigenvalue weighted by atomic mass is 35.5. The molecule has 1 aromatic carbocycles. The van der Waals surface area contributed by atoms with Gasteiger partial charge >= 0.3 is 0 Å². The van der Waals surface area contributed by atoms with Crippen molar-refractivity contribution in [2.24, 2.45) is 0 Å². The summed E-state index contributed by atoms with van der Waals surface area (Å²) in [5.41, 5.74) is 2.32. The van der Waals surface area contributed by atoms with Gasteiger partial charge in [-0.25, -0.2) is 0 Å². The minimum atomic E-state index is -0.509. The average Bonchev–Trinajstić information content (AvgIpc) is 3.32. The van der Waals surface area contributed by atoms with Crippen LogP contribution in [0, 0.1) is 0 Å². The molecule has 1 aliphatic carbocycles. The molecule has 1 heterocycles. The van der Waals surface area contributed by atoms with Crippen LogP contribution in [0.5, 0.6) is 0 Å². The Morgan fingerprint density at radius 1 is 1.10 bits per heavy atom. The predicted molar refractivity (Wildman–Crippen MR) is 82.1 cm³/mol. The molecule has 0 spiro atoms. The number of nitrogens with zero attached hydrogens (tertiary/aromatic N) is 1. The number of hydrogen-bond donors (Lipinski definition) is 0. The van der Waals surface area contributed by atoms with Gasteiger partial charge < -0.3 is 4.90 Å². The third kappa shape index (κ3) is 3.01. The number of likely N-dealkylation sites (tertiary alicyclic amines) is 1. The molecule has 0 aromatic heterocycles. The maximum atomic E-state index is 12.6. The highest BCUT2D eigenvalue weighted by Crippen LogP contribution is 2.44. The molecule has 20 heavy (non-hydrogen) atoms. The molecule has 0 radical (unpaired) electrons. The Balaban J connectivity index is 1.77. The van der Waals surface area contributed by atoms with E-state index in [0.29, 0.717) is 5.92 Å². The second kappa shape index (κ2) is 6.17. The first-order valence-electron chi connectivity index (χ1n) is 7.79. The van der Waals surface area contributed by atoms with Crippen LogP contribution in [-0.2, 0) is 4.79 Å². The summed E-state index contributed by atoms with van der Waals surface area (Å²) in [5, 5.41) is -0.509. The standard InChI is InChI=1S/C17H22ClNO/c18-16(17(20)19-11-5-1-2-6-12-19)15-8-4-3-7-14(15)13-9-10-13/h3-4,7-8,13,16H,1-2,5-6,9-12H2. The van der Waals surface area contributed by atoms with E-state index < -0.39 is 5.38 Å². The van der Waals surface area contributed by atoms with E-state index in [4.69, 9.17) is 11.6 Å². The zero-order valence-corrected chi connectivity index (χ0v) is 12.6. The van der Waals surface area contributed by atoms with Crippen molar-refractivity contribution in [3.8, 4) is 0 Å². The van der Waals surface area contributed by atoms with E-state index >= 15 is 0 Å². The second-order valence-electron chi connectivity index (χ2n) is 6.01. The van der Waals surface area contributed by atoms with Gasteiger partial charge in [-0.05, 0) is 42.7 Å². The van der Waals surface area contributed by atoms with Crippen LogP contribution in [0.4, 0.5) is 0 Å². The van der Waals surface area contributed by atoms with Crippen LogP contribution in [0.25, 0.3) is 0 Å².